The fraction of sp³-hybridized carbons (Fsp3) is 0.167. The predicted octanol–water partition coefficient (Wildman–Crippen LogP) is 3.99. The third-order valence-electron chi connectivity index (χ3n) is 4.12. The summed E-state index contributed by atoms with van der Waals surface area (Å²) in [5, 5.41) is 0. The molecule has 0 spiro atoms. The Balaban J connectivity index is 1.50. The Bertz CT molecular complexity index is 675. The summed E-state index contributed by atoms with van der Waals surface area (Å²) in [7, 11) is 0. The van der Waals surface area contributed by atoms with Crippen molar-refractivity contribution in [2.45, 2.75) is 18.7 Å². The second-order valence-corrected chi connectivity index (χ2v) is 5.35. The fourth-order valence-corrected chi connectivity index (χ4v) is 3.15. The van der Waals surface area contributed by atoms with Crippen molar-refractivity contribution in [3.63, 3.8) is 0 Å². The summed E-state index contributed by atoms with van der Waals surface area (Å²) in [5.41, 5.74) is 3.42. The number of hydrogen-bond donors (Lipinski definition) is 0. The van der Waals surface area contributed by atoms with E-state index < -0.39 is 0 Å². The lowest BCUT2D eigenvalue weighted by molar-refractivity contribution is 0.0876. The first kappa shape index (κ1) is 12.2. The number of nitrogens with zero attached hydrogens (tertiary/aromatic N) is 1. The average molecular weight is 277 g/mol. The average Bonchev–Trinajstić information content (AvgIpc) is 3.11. The summed E-state index contributed by atoms with van der Waals surface area (Å²) >= 11 is 0. The minimum atomic E-state index is -0.255. The zero-order valence-electron chi connectivity index (χ0n) is 11.5. The molecule has 2 aromatic rings. The van der Waals surface area contributed by atoms with Crippen LogP contribution in [0.15, 0.2) is 66.7 Å². The summed E-state index contributed by atoms with van der Waals surface area (Å²) < 4.78 is 5.47. The summed E-state index contributed by atoms with van der Waals surface area (Å²) in [5.74, 6) is 0. The maximum atomic E-state index is 12.4. The molecule has 0 saturated heterocycles. The van der Waals surface area contributed by atoms with Gasteiger partial charge in [0, 0.05) is 0 Å². The van der Waals surface area contributed by atoms with Crippen LogP contribution in [0.2, 0.25) is 0 Å². The molecule has 3 heteroatoms. The molecule has 3 nitrogen and oxygen atoms in total. The topological polar surface area (TPSA) is 29.5 Å². The van der Waals surface area contributed by atoms with Crippen molar-refractivity contribution < 1.29 is 9.53 Å². The molecule has 0 aliphatic carbocycles. The van der Waals surface area contributed by atoms with Gasteiger partial charge in [-0.25, -0.2) is 4.79 Å². The molecule has 0 saturated carbocycles. The summed E-state index contributed by atoms with van der Waals surface area (Å²) in [6.07, 6.45) is 3.91. The van der Waals surface area contributed by atoms with E-state index in [1.54, 1.807) is 0 Å². The number of fused-ring (bicyclic) bond motifs is 5. The van der Waals surface area contributed by atoms with Crippen molar-refractivity contribution in [1.29, 1.82) is 0 Å². The van der Waals surface area contributed by atoms with Crippen LogP contribution < -0.4 is 0 Å². The van der Waals surface area contributed by atoms with Crippen molar-refractivity contribution in [3.8, 4) is 0 Å². The van der Waals surface area contributed by atoms with Crippen LogP contribution in [0.1, 0.15) is 28.8 Å². The van der Waals surface area contributed by atoms with E-state index in [0.717, 1.165) is 5.56 Å². The number of carbonyl (C=O) groups excluding carboxylic acids is 1. The second-order valence-electron chi connectivity index (χ2n) is 5.35. The summed E-state index contributed by atoms with van der Waals surface area (Å²) in [6.45, 7) is 0.311. The molecule has 2 aliphatic heterocycles. The van der Waals surface area contributed by atoms with Crippen molar-refractivity contribution in [2.24, 2.45) is 0 Å². The standard InChI is InChI=1S/C18H15NO2/c20-18(21-12-13-6-2-1-3-7-13)19-16-10-11-17(19)15-9-5-4-8-14(15)16/h1-11,16-17H,12H2. The zero-order valence-corrected chi connectivity index (χ0v) is 11.5. The number of ether oxygens (including phenoxy) is 1. The van der Waals surface area contributed by atoms with Gasteiger partial charge in [-0.05, 0) is 16.7 Å². The van der Waals surface area contributed by atoms with Gasteiger partial charge in [0.2, 0.25) is 0 Å². The third-order valence-corrected chi connectivity index (χ3v) is 4.12. The molecule has 1 amide bonds. The van der Waals surface area contributed by atoms with Crippen LogP contribution >= 0.6 is 0 Å². The van der Waals surface area contributed by atoms with Gasteiger partial charge in [-0.15, -0.1) is 0 Å². The van der Waals surface area contributed by atoms with Crippen LogP contribution in [-0.4, -0.2) is 11.0 Å². The van der Waals surface area contributed by atoms with E-state index in [9.17, 15) is 4.79 Å². The quantitative estimate of drug-likeness (QED) is 0.777. The molecule has 2 aliphatic rings. The third kappa shape index (κ3) is 1.93. The van der Waals surface area contributed by atoms with Gasteiger partial charge in [0.15, 0.2) is 0 Å². The Kier molecular flexibility index (Phi) is 2.78. The monoisotopic (exact) mass is 277 g/mol. The largest absolute Gasteiger partial charge is 0.445 e. The first-order valence-corrected chi connectivity index (χ1v) is 7.11. The Morgan fingerprint density at radius 1 is 0.905 bits per heavy atom. The smallest absolute Gasteiger partial charge is 0.411 e. The van der Waals surface area contributed by atoms with E-state index in [4.69, 9.17) is 4.74 Å². The van der Waals surface area contributed by atoms with Gasteiger partial charge in [0.05, 0.1) is 12.1 Å². The van der Waals surface area contributed by atoms with E-state index in [1.165, 1.54) is 11.1 Å². The molecule has 104 valence electrons. The Morgan fingerprint density at radius 3 is 2.10 bits per heavy atom. The molecular weight excluding hydrogens is 262 g/mol. The summed E-state index contributed by atoms with van der Waals surface area (Å²) in [4.78, 5) is 14.2. The highest BCUT2D eigenvalue weighted by atomic mass is 16.6. The fourth-order valence-electron chi connectivity index (χ4n) is 3.15. The second kappa shape index (κ2) is 4.77. The normalized spacial score (nSPS) is 21.4. The highest BCUT2D eigenvalue weighted by molar-refractivity contribution is 5.73. The van der Waals surface area contributed by atoms with Crippen LogP contribution in [0.25, 0.3) is 0 Å². The van der Waals surface area contributed by atoms with Crippen LogP contribution in [0.5, 0.6) is 0 Å². The van der Waals surface area contributed by atoms with Crippen molar-refractivity contribution in [2.75, 3.05) is 0 Å². The molecule has 4 rings (SSSR count). The minimum Gasteiger partial charge on any atom is -0.445 e. The molecule has 0 fully saturated rings. The van der Waals surface area contributed by atoms with Crippen LogP contribution in [-0.2, 0) is 11.3 Å². The van der Waals surface area contributed by atoms with Gasteiger partial charge in [-0.1, -0.05) is 66.7 Å². The van der Waals surface area contributed by atoms with Gasteiger partial charge in [0.1, 0.15) is 6.61 Å². The number of hydrogen-bond acceptors (Lipinski definition) is 2. The molecule has 2 heterocycles. The Hall–Kier alpha value is -2.55. The highest BCUT2D eigenvalue weighted by Gasteiger charge is 2.43. The van der Waals surface area contributed by atoms with Gasteiger partial charge >= 0.3 is 6.09 Å². The van der Waals surface area contributed by atoms with Gasteiger partial charge in [0.25, 0.3) is 0 Å². The van der Waals surface area contributed by atoms with Gasteiger partial charge < -0.3 is 4.74 Å². The molecule has 2 aromatic carbocycles. The predicted molar refractivity (Wildman–Crippen MR) is 79.5 cm³/mol. The first-order valence-electron chi connectivity index (χ1n) is 7.11. The van der Waals surface area contributed by atoms with E-state index in [-0.39, 0.29) is 18.2 Å². The minimum absolute atomic E-state index is 0.0227. The van der Waals surface area contributed by atoms with E-state index in [0.29, 0.717) is 6.61 Å². The summed E-state index contributed by atoms with van der Waals surface area (Å²) in [6, 6.07) is 18.0. The van der Waals surface area contributed by atoms with Crippen LogP contribution in [0.4, 0.5) is 4.79 Å². The molecule has 2 bridgehead atoms. The number of carbonyl (C=O) groups is 1. The Labute approximate surface area is 123 Å². The molecule has 2 unspecified atom stereocenters. The Morgan fingerprint density at radius 2 is 1.48 bits per heavy atom. The maximum Gasteiger partial charge on any atom is 0.411 e. The van der Waals surface area contributed by atoms with Crippen molar-refractivity contribution in [3.05, 3.63) is 83.4 Å². The van der Waals surface area contributed by atoms with E-state index in [1.807, 2.05) is 47.4 Å². The molecule has 21 heavy (non-hydrogen) atoms. The molecular formula is C18H15NO2. The molecule has 0 aromatic heterocycles. The lowest BCUT2D eigenvalue weighted by atomic mass is 9.97. The molecule has 2 atom stereocenters. The highest BCUT2D eigenvalue weighted by Crippen LogP contribution is 2.48. The maximum absolute atomic E-state index is 12.4. The number of amides is 1. The van der Waals surface area contributed by atoms with Crippen LogP contribution in [0, 0.1) is 0 Å². The molecule has 0 N–H and O–H groups in total. The van der Waals surface area contributed by atoms with E-state index in [2.05, 4.69) is 24.3 Å². The number of benzene rings is 2. The zero-order chi connectivity index (χ0) is 14.2. The van der Waals surface area contributed by atoms with E-state index >= 15 is 0 Å². The van der Waals surface area contributed by atoms with Crippen molar-refractivity contribution >= 4 is 6.09 Å². The van der Waals surface area contributed by atoms with Gasteiger partial charge in [-0.2, -0.15) is 0 Å². The molecule has 0 radical (unpaired) electrons. The lowest BCUT2D eigenvalue weighted by Crippen LogP contribution is -2.29. The lowest BCUT2D eigenvalue weighted by Gasteiger charge is -2.22. The number of rotatable bonds is 2. The first-order chi connectivity index (χ1) is 10.3. The van der Waals surface area contributed by atoms with Crippen molar-refractivity contribution in [1.82, 2.24) is 4.90 Å². The van der Waals surface area contributed by atoms with Gasteiger partial charge in [-0.3, -0.25) is 4.90 Å². The SMILES string of the molecule is O=C(OCc1ccccc1)N1C2C=CC1c1ccccc12. The van der Waals surface area contributed by atoms with Crippen LogP contribution in [0.3, 0.4) is 0 Å².